The van der Waals surface area contributed by atoms with E-state index in [1.807, 2.05) is 13.8 Å². The zero-order valence-corrected chi connectivity index (χ0v) is 26.3. The second-order valence-electron chi connectivity index (χ2n) is 12.0. The first-order valence-corrected chi connectivity index (χ1v) is 14.8. The lowest BCUT2D eigenvalue weighted by molar-refractivity contribution is -0.130. The number of carbonyl (C=O) groups is 4. The van der Waals surface area contributed by atoms with Gasteiger partial charge in [0.2, 0.25) is 17.6 Å². The van der Waals surface area contributed by atoms with Crippen LogP contribution in [0.15, 0.2) is 71.3 Å². The number of amides is 3. The SMILES string of the molecule is CC(C)C[C@H](NC(=O)[C@H](Cc1ccc(O)cc1)NC(=O)[C@H](Cc1ccc(Cl)cc1)NC(=O)OC(C)(C)C)C(=O)c1ccco1. The Bertz CT molecular complexity index is 1400. The van der Waals surface area contributed by atoms with Crippen LogP contribution in [0.2, 0.25) is 5.02 Å². The standard InChI is InChI=1S/C33H40ClN3O7/c1-20(2)17-25(29(39)28-7-6-16-43-28)35-30(40)26(18-22-10-14-24(38)15-11-22)36-31(41)27(37-32(42)44-33(3,4)5)19-21-8-12-23(34)13-9-21/h6-16,20,25-27,38H,17-19H2,1-5H3,(H,35,40)(H,36,41)(H,37,42)/t25-,26-,27-/m0/s1. The third-order valence-corrected chi connectivity index (χ3v) is 6.73. The van der Waals surface area contributed by atoms with E-state index in [0.717, 1.165) is 0 Å². The summed E-state index contributed by atoms with van der Waals surface area (Å²) in [5.41, 5.74) is 0.556. The highest BCUT2D eigenvalue weighted by Gasteiger charge is 2.32. The molecule has 0 aliphatic carbocycles. The Morgan fingerprint density at radius 3 is 1.84 bits per heavy atom. The molecule has 0 bridgehead atoms. The summed E-state index contributed by atoms with van der Waals surface area (Å²) in [6.07, 6.45) is 1.05. The Morgan fingerprint density at radius 1 is 0.818 bits per heavy atom. The molecule has 1 heterocycles. The van der Waals surface area contributed by atoms with Crippen LogP contribution >= 0.6 is 11.6 Å². The van der Waals surface area contributed by atoms with Gasteiger partial charge < -0.3 is 30.2 Å². The number of phenolic OH excluding ortho intramolecular Hbond substituents is 1. The lowest BCUT2D eigenvalue weighted by Crippen LogP contribution is -2.57. The van der Waals surface area contributed by atoms with Crippen molar-refractivity contribution in [2.24, 2.45) is 5.92 Å². The Morgan fingerprint density at radius 2 is 1.34 bits per heavy atom. The molecule has 11 heteroatoms. The molecule has 1 aromatic heterocycles. The molecule has 44 heavy (non-hydrogen) atoms. The van der Waals surface area contributed by atoms with Gasteiger partial charge in [0, 0.05) is 17.9 Å². The Balaban J connectivity index is 1.89. The number of rotatable bonds is 13. The fourth-order valence-electron chi connectivity index (χ4n) is 4.43. The van der Waals surface area contributed by atoms with Crippen LogP contribution in [0.25, 0.3) is 0 Å². The molecule has 0 radical (unpaired) electrons. The second kappa shape index (κ2) is 15.4. The van der Waals surface area contributed by atoms with Gasteiger partial charge in [-0.2, -0.15) is 0 Å². The molecule has 0 saturated heterocycles. The average molecular weight is 626 g/mol. The van der Waals surface area contributed by atoms with Crippen molar-refractivity contribution in [3.63, 3.8) is 0 Å². The van der Waals surface area contributed by atoms with E-state index in [9.17, 15) is 24.3 Å². The van der Waals surface area contributed by atoms with Crippen LogP contribution in [0, 0.1) is 5.92 Å². The van der Waals surface area contributed by atoms with Crippen LogP contribution in [0.1, 0.15) is 62.7 Å². The van der Waals surface area contributed by atoms with Crippen LogP contribution in [0.3, 0.4) is 0 Å². The Hall–Kier alpha value is -4.31. The number of alkyl carbamates (subject to hydrolysis) is 1. The number of ether oxygens (including phenoxy) is 1. The van der Waals surface area contributed by atoms with E-state index >= 15 is 0 Å². The van der Waals surface area contributed by atoms with Gasteiger partial charge in [-0.1, -0.05) is 49.7 Å². The first kappa shape index (κ1) is 34.2. The molecule has 10 nitrogen and oxygen atoms in total. The number of ketones is 1. The van der Waals surface area contributed by atoms with Gasteiger partial charge in [-0.05, 0) is 80.6 Å². The maximum Gasteiger partial charge on any atom is 0.408 e. The first-order chi connectivity index (χ1) is 20.7. The fraction of sp³-hybridized carbons (Fsp3) is 0.394. The first-order valence-electron chi connectivity index (χ1n) is 14.4. The molecule has 3 atom stereocenters. The largest absolute Gasteiger partial charge is 0.508 e. The van der Waals surface area contributed by atoms with Crippen LogP contribution in [-0.4, -0.2) is 52.5 Å². The van der Waals surface area contributed by atoms with Gasteiger partial charge in [-0.3, -0.25) is 14.4 Å². The molecule has 4 N–H and O–H groups in total. The van der Waals surface area contributed by atoms with Gasteiger partial charge in [0.15, 0.2) is 5.76 Å². The predicted molar refractivity (Wildman–Crippen MR) is 166 cm³/mol. The number of phenols is 1. The zero-order valence-electron chi connectivity index (χ0n) is 25.6. The second-order valence-corrected chi connectivity index (χ2v) is 12.4. The van der Waals surface area contributed by atoms with Crippen molar-refractivity contribution in [3.05, 3.63) is 88.8 Å². The number of nitrogens with one attached hydrogen (secondary N) is 3. The van der Waals surface area contributed by atoms with Crippen molar-refractivity contribution in [2.75, 3.05) is 0 Å². The summed E-state index contributed by atoms with van der Waals surface area (Å²) < 4.78 is 10.7. The van der Waals surface area contributed by atoms with Crippen LogP contribution in [0.5, 0.6) is 5.75 Å². The Kier molecular flexibility index (Phi) is 12.0. The lowest BCUT2D eigenvalue weighted by Gasteiger charge is -2.27. The minimum Gasteiger partial charge on any atom is -0.508 e. The summed E-state index contributed by atoms with van der Waals surface area (Å²) in [6, 6.07) is 13.0. The Labute approximate surface area is 262 Å². The van der Waals surface area contributed by atoms with E-state index < -0.39 is 41.6 Å². The third kappa shape index (κ3) is 11.1. The number of halogens is 1. The molecular weight excluding hydrogens is 586 g/mol. The van der Waals surface area contributed by atoms with E-state index in [1.165, 1.54) is 24.5 Å². The molecule has 0 unspecified atom stereocenters. The maximum absolute atomic E-state index is 13.8. The van der Waals surface area contributed by atoms with Crippen LogP contribution in [0.4, 0.5) is 4.79 Å². The summed E-state index contributed by atoms with van der Waals surface area (Å²) in [5, 5.41) is 18.4. The smallest absolute Gasteiger partial charge is 0.408 e. The zero-order chi connectivity index (χ0) is 32.4. The highest BCUT2D eigenvalue weighted by atomic mass is 35.5. The molecule has 0 saturated carbocycles. The highest BCUT2D eigenvalue weighted by molar-refractivity contribution is 6.30. The molecule has 3 aromatic rings. The number of Topliss-reactive ketones (excluding diaryl/α,β-unsaturated/α-hetero) is 1. The van der Waals surface area contributed by atoms with Crippen molar-refractivity contribution in [2.45, 2.75) is 77.6 Å². The molecule has 0 fully saturated rings. The normalized spacial score (nSPS) is 13.4. The van der Waals surface area contributed by atoms with Crippen molar-refractivity contribution < 1.29 is 33.4 Å². The van der Waals surface area contributed by atoms with E-state index in [0.29, 0.717) is 22.6 Å². The van der Waals surface area contributed by atoms with E-state index in [-0.39, 0.29) is 36.1 Å². The minimum atomic E-state index is -1.14. The number of hydrogen-bond acceptors (Lipinski definition) is 7. The minimum absolute atomic E-state index is 0.0430. The number of benzene rings is 2. The maximum atomic E-state index is 13.8. The molecule has 0 aliphatic rings. The number of aromatic hydroxyl groups is 1. The van der Waals surface area contributed by atoms with Crippen molar-refractivity contribution in [1.29, 1.82) is 0 Å². The van der Waals surface area contributed by atoms with Crippen molar-refractivity contribution in [1.82, 2.24) is 16.0 Å². The summed E-state index contributed by atoms with van der Waals surface area (Å²) in [5.74, 6) is -1.41. The van der Waals surface area contributed by atoms with E-state index in [4.69, 9.17) is 20.8 Å². The van der Waals surface area contributed by atoms with Crippen molar-refractivity contribution >= 4 is 35.3 Å². The van der Waals surface area contributed by atoms with Crippen molar-refractivity contribution in [3.8, 4) is 5.75 Å². The van der Waals surface area contributed by atoms with Crippen LogP contribution in [-0.2, 0) is 27.2 Å². The fourth-order valence-corrected chi connectivity index (χ4v) is 4.56. The molecular formula is C33H40ClN3O7. The molecule has 3 amide bonds. The van der Waals surface area contributed by atoms with E-state index in [2.05, 4.69) is 16.0 Å². The van der Waals surface area contributed by atoms with Gasteiger partial charge in [0.1, 0.15) is 23.4 Å². The van der Waals surface area contributed by atoms with Gasteiger partial charge in [-0.15, -0.1) is 0 Å². The highest BCUT2D eigenvalue weighted by Crippen LogP contribution is 2.16. The average Bonchev–Trinajstić information content (AvgIpc) is 3.48. The van der Waals surface area contributed by atoms with Gasteiger partial charge in [-0.25, -0.2) is 4.79 Å². The summed E-state index contributed by atoms with van der Waals surface area (Å²) in [6.45, 7) is 8.96. The van der Waals surface area contributed by atoms with Gasteiger partial charge >= 0.3 is 6.09 Å². The van der Waals surface area contributed by atoms with Crippen LogP contribution < -0.4 is 16.0 Å². The number of hydrogen-bond donors (Lipinski definition) is 4. The molecule has 0 spiro atoms. The number of furan rings is 1. The van der Waals surface area contributed by atoms with Gasteiger partial charge in [0.25, 0.3) is 0 Å². The third-order valence-electron chi connectivity index (χ3n) is 6.47. The molecule has 0 aliphatic heterocycles. The summed E-state index contributed by atoms with van der Waals surface area (Å²) in [7, 11) is 0. The lowest BCUT2D eigenvalue weighted by atomic mass is 9.97. The molecule has 236 valence electrons. The summed E-state index contributed by atoms with van der Waals surface area (Å²) >= 11 is 6.03. The predicted octanol–water partition coefficient (Wildman–Crippen LogP) is 5.22. The van der Waals surface area contributed by atoms with Gasteiger partial charge in [0.05, 0.1) is 12.3 Å². The van der Waals surface area contributed by atoms with E-state index in [1.54, 1.807) is 63.2 Å². The topological polar surface area (TPSA) is 147 Å². The quantitative estimate of drug-likeness (QED) is 0.191. The molecule has 2 aromatic carbocycles. The number of carbonyl (C=O) groups excluding carboxylic acids is 4. The molecule has 3 rings (SSSR count). The summed E-state index contributed by atoms with van der Waals surface area (Å²) in [4.78, 5) is 53.4. The monoisotopic (exact) mass is 625 g/mol.